The fraction of sp³-hybridized carbons (Fsp3) is 0.0909. The monoisotopic (exact) mass is 217 g/mol. The van der Waals surface area contributed by atoms with Gasteiger partial charge in [0.15, 0.2) is 5.69 Å². The van der Waals surface area contributed by atoms with E-state index in [1.54, 1.807) is 19.1 Å². The van der Waals surface area contributed by atoms with Gasteiger partial charge in [0.25, 0.3) is 0 Å². The molecule has 0 atom stereocenters. The third-order valence-electron chi connectivity index (χ3n) is 1.84. The first kappa shape index (κ1) is 11.8. The van der Waals surface area contributed by atoms with Crippen LogP contribution in [0.3, 0.4) is 0 Å². The Morgan fingerprint density at radius 1 is 1.44 bits per heavy atom. The van der Waals surface area contributed by atoms with Crippen LogP contribution in [0.5, 0.6) is 0 Å². The van der Waals surface area contributed by atoms with Crippen LogP contribution in [0.2, 0.25) is 0 Å². The molecule has 1 aromatic heterocycles. The Bertz CT molecular complexity index is 464. The van der Waals surface area contributed by atoms with Crippen LogP contribution in [-0.2, 0) is 0 Å². The van der Waals surface area contributed by atoms with Gasteiger partial charge >= 0.3 is 5.97 Å². The molecule has 0 bridgehead atoms. The Hall–Kier alpha value is -2.30. The van der Waals surface area contributed by atoms with E-state index in [1.807, 2.05) is 0 Å². The van der Waals surface area contributed by atoms with E-state index >= 15 is 0 Å². The lowest BCUT2D eigenvalue weighted by atomic mass is 10.1. The van der Waals surface area contributed by atoms with Crippen molar-refractivity contribution >= 4 is 18.3 Å². The summed E-state index contributed by atoms with van der Waals surface area (Å²) in [5.74, 6) is -1.11. The molecule has 0 saturated carbocycles. The third kappa shape index (κ3) is 2.60. The molecule has 1 N–H and O–H groups in total. The summed E-state index contributed by atoms with van der Waals surface area (Å²) in [6.07, 6.45) is 7.62. The zero-order chi connectivity index (χ0) is 12.0. The largest absolute Gasteiger partial charge is 0.476 e. The molecule has 0 radical (unpaired) electrons. The zero-order valence-electron chi connectivity index (χ0n) is 8.79. The van der Waals surface area contributed by atoms with Crippen molar-refractivity contribution in [3.8, 4) is 0 Å². The van der Waals surface area contributed by atoms with Crippen LogP contribution < -0.4 is 0 Å². The topological polar surface area (TPSA) is 75.4 Å². The number of hydrogen-bond donors (Lipinski definition) is 1. The number of carboxylic acid groups (broad SMARTS) is 1. The van der Waals surface area contributed by atoms with Gasteiger partial charge in [-0.2, -0.15) is 0 Å². The molecular weight excluding hydrogens is 206 g/mol. The van der Waals surface area contributed by atoms with Crippen LogP contribution in [0.4, 0.5) is 0 Å². The number of carbonyl (C=O) groups is 1. The molecular formula is C11H11N3O2. The fourth-order valence-corrected chi connectivity index (χ4v) is 1.15. The number of rotatable bonds is 4. The van der Waals surface area contributed by atoms with Crippen molar-refractivity contribution in [2.75, 3.05) is 0 Å². The molecule has 0 aliphatic carbocycles. The van der Waals surface area contributed by atoms with Crippen LogP contribution in [0.25, 0.3) is 5.57 Å². The second kappa shape index (κ2) is 5.55. The first-order chi connectivity index (χ1) is 7.70. The second-order valence-corrected chi connectivity index (χ2v) is 2.80. The lowest BCUT2D eigenvalue weighted by Crippen LogP contribution is -2.06. The molecule has 0 amide bonds. The van der Waals surface area contributed by atoms with Gasteiger partial charge in [0, 0.05) is 18.6 Å². The number of allylic oxidation sites excluding steroid dienone is 3. The van der Waals surface area contributed by atoms with Crippen molar-refractivity contribution in [2.24, 2.45) is 4.99 Å². The lowest BCUT2D eigenvalue weighted by molar-refractivity contribution is 0.0689. The summed E-state index contributed by atoms with van der Waals surface area (Å²) in [4.78, 5) is 22.3. The van der Waals surface area contributed by atoms with E-state index < -0.39 is 5.97 Å². The van der Waals surface area contributed by atoms with Gasteiger partial charge in [-0.05, 0) is 25.3 Å². The maximum absolute atomic E-state index is 10.9. The standard InChI is InChI=1S/C11H11N3O2/c1-3-8(4-5-12-2)9-10(11(15)16)14-7-6-13-9/h3-7H,2H2,1H3,(H,15,16)/b5-4-,8-3+. The number of aromatic nitrogens is 2. The highest BCUT2D eigenvalue weighted by Gasteiger charge is 2.13. The van der Waals surface area contributed by atoms with Crippen molar-refractivity contribution in [3.05, 3.63) is 42.1 Å². The van der Waals surface area contributed by atoms with Crippen LogP contribution in [0.15, 0.2) is 35.7 Å². The van der Waals surface area contributed by atoms with Gasteiger partial charge < -0.3 is 5.11 Å². The van der Waals surface area contributed by atoms with E-state index in [2.05, 4.69) is 21.7 Å². The van der Waals surface area contributed by atoms with Gasteiger partial charge in [-0.3, -0.25) is 9.98 Å². The predicted molar refractivity (Wildman–Crippen MR) is 61.3 cm³/mol. The quantitative estimate of drug-likeness (QED) is 0.616. The molecule has 0 aromatic carbocycles. The molecule has 0 aliphatic rings. The Labute approximate surface area is 92.9 Å². The molecule has 0 unspecified atom stereocenters. The Morgan fingerprint density at radius 3 is 2.56 bits per heavy atom. The Kier molecular flexibility index (Phi) is 4.08. The molecule has 5 nitrogen and oxygen atoms in total. The van der Waals surface area contributed by atoms with E-state index in [-0.39, 0.29) is 5.69 Å². The summed E-state index contributed by atoms with van der Waals surface area (Å²) in [5, 5.41) is 8.95. The molecule has 82 valence electrons. The minimum atomic E-state index is -1.11. The van der Waals surface area contributed by atoms with Gasteiger partial charge in [0.05, 0.1) is 0 Å². The minimum Gasteiger partial charge on any atom is -0.476 e. The molecule has 5 heteroatoms. The highest BCUT2D eigenvalue weighted by Crippen LogP contribution is 2.16. The van der Waals surface area contributed by atoms with Crippen LogP contribution in [0.1, 0.15) is 23.1 Å². The number of hydrogen-bond acceptors (Lipinski definition) is 4. The van der Waals surface area contributed by atoms with Crippen molar-refractivity contribution in [1.29, 1.82) is 0 Å². The maximum atomic E-state index is 10.9. The molecule has 1 aromatic rings. The summed E-state index contributed by atoms with van der Waals surface area (Å²) in [6, 6.07) is 0. The van der Waals surface area contributed by atoms with Gasteiger partial charge in [-0.25, -0.2) is 9.78 Å². The first-order valence-electron chi connectivity index (χ1n) is 4.54. The fourth-order valence-electron chi connectivity index (χ4n) is 1.15. The number of aliphatic imine (C=N–C) groups is 1. The van der Waals surface area contributed by atoms with Gasteiger partial charge in [-0.1, -0.05) is 6.08 Å². The Morgan fingerprint density at radius 2 is 2.06 bits per heavy atom. The van der Waals surface area contributed by atoms with Crippen molar-refractivity contribution in [3.63, 3.8) is 0 Å². The van der Waals surface area contributed by atoms with Gasteiger partial charge in [0.2, 0.25) is 0 Å². The summed E-state index contributed by atoms with van der Waals surface area (Å²) in [5.41, 5.74) is 0.875. The van der Waals surface area contributed by atoms with Crippen molar-refractivity contribution in [2.45, 2.75) is 6.92 Å². The average molecular weight is 217 g/mol. The van der Waals surface area contributed by atoms with Crippen LogP contribution in [0, 0.1) is 0 Å². The first-order valence-corrected chi connectivity index (χ1v) is 4.54. The highest BCUT2D eigenvalue weighted by atomic mass is 16.4. The Balaban J connectivity index is 3.25. The number of nitrogens with zero attached hydrogens (tertiary/aromatic N) is 3. The molecule has 0 saturated heterocycles. The SMILES string of the molecule is C=N/C=C\C(=C/C)c1nccnc1C(=O)O. The minimum absolute atomic E-state index is 0.0793. The van der Waals surface area contributed by atoms with E-state index in [0.29, 0.717) is 11.3 Å². The van der Waals surface area contributed by atoms with Crippen molar-refractivity contribution in [1.82, 2.24) is 9.97 Å². The molecule has 16 heavy (non-hydrogen) atoms. The molecule has 0 fully saturated rings. The normalized spacial score (nSPS) is 11.7. The lowest BCUT2D eigenvalue weighted by Gasteiger charge is -2.03. The number of aromatic carboxylic acids is 1. The van der Waals surface area contributed by atoms with Gasteiger partial charge in [-0.15, -0.1) is 0 Å². The average Bonchev–Trinajstić information content (AvgIpc) is 2.30. The van der Waals surface area contributed by atoms with E-state index in [9.17, 15) is 4.79 Å². The third-order valence-corrected chi connectivity index (χ3v) is 1.84. The summed E-state index contributed by atoms with van der Waals surface area (Å²) < 4.78 is 0. The summed E-state index contributed by atoms with van der Waals surface area (Å²) in [7, 11) is 0. The van der Waals surface area contributed by atoms with Crippen LogP contribution in [-0.4, -0.2) is 27.8 Å². The molecule has 0 spiro atoms. The maximum Gasteiger partial charge on any atom is 0.356 e. The van der Waals surface area contributed by atoms with Crippen molar-refractivity contribution < 1.29 is 9.90 Å². The van der Waals surface area contributed by atoms with E-state index in [4.69, 9.17) is 5.11 Å². The molecule has 1 rings (SSSR count). The smallest absolute Gasteiger partial charge is 0.356 e. The summed E-state index contributed by atoms with van der Waals surface area (Å²) in [6.45, 7) is 5.08. The zero-order valence-corrected chi connectivity index (χ0v) is 8.79. The molecule has 1 heterocycles. The summed E-state index contributed by atoms with van der Waals surface area (Å²) >= 11 is 0. The highest BCUT2D eigenvalue weighted by molar-refractivity contribution is 5.92. The van der Waals surface area contributed by atoms with E-state index in [0.717, 1.165) is 0 Å². The van der Waals surface area contributed by atoms with Gasteiger partial charge in [0.1, 0.15) is 5.69 Å². The molecule has 0 aliphatic heterocycles. The second-order valence-electron chi connectivity index (χ2n) is 2.80. The predicted octanol–water partition coefficient (Wildman–Crippen LogP) is 1.79. The van der Waals surface area contributed by atoms with E-state index in [1.165, 1.54) is 18.6 Å². The van der Waals surface area contributed by atoms with Crippen LogP contribution >= 0.6 is 0 Å². The number of carboxylic acids is 1.